The molecule has 31 heavy (non-hydrogen) atoms. The zero-order valence-corrected chi connectivity index (χ0v) is 18.8. The van der Waals surface area contributed by atoms with E-state index >= 15 is 0 Å². The minimum atomic E-state index is -0.0159. The smallest absolute Gasteiger partial charge is 0.224 e. The first kappa shape index (κ1) is 22.7. The van der Waals surface area contributed by atoms with E-state index in [-0.39, 0.29) is 5.91 Å². The topological polar surface area (TPSA) is 65.4 Å². The molecule has 0 aliphatic rings. The fourth-order valence-electron chi connectivity index (χ4n) is 3.81. The summed E-state index contributed by atoms with van der Waals surface area (Å²) in [4.78, 5) is 17.3. The van der Waals surface area contributed by atoms with Gasteiger partial charge in [0.2, 0.25) is 5.91 Å². The highest BCUT2D eigenvalue weighted by atomic mass is 16.5. The molecule has 3 aromatic rings. The van der Waals surface area contributed by atoms with Crippen LogP contribution < -0.4 is 14.8 Å². The molecule has 0 aliphatic heterocycles. The van der Waals surface area contributed by atoms with Gasteiger partial charge in [0, 0.05) is 19.5 Å². The number of imidazole rings is 1. The van der Waals surface area contributed by atoms with Gasteiger partial charge in [0.15, 0.2) is 11.5 Å². The summed E-state index contributed by atoms with van der Waals surface area (Å²) in [5.41, 5.74) is 3.08. The summed E-state index contributed by atoms with van der Waals surface area (Å²) < 4.78 is 12.9. The lowest BCUT2D eigenvalue weighted by Gasteiger charge is -2.11. The van der Waals surface area contributed by atoms with E-state index < -0.39 is 0 Å². The molecule has 3 rings (SSSR count). The Bertz CT molecular complexity index is 997. The molecule has 6 nitrogen and oxygen atoms in total. The van der Waals surface area contributed by atoms with Gasteiger partial charge >= 0.3 is 0 Å². The number of nitrogens with one attached hydrogen (secondary N) is 1. The number of para-hydroxylation sites is 2. The summed E-state index contributed by atoms with van der Waals surface area (Å²) in [6, 6.07) is 13.8. The monoisotopic (exact) mass is 423 g/mol. The highest BCUT2D eigenvalue weighted by Crippen LogP contribution is 2.27. The molecule has 6 heteroatoms. The van der Waals surface area contributed by atoms with E-state index in [1.54, 1.807) is 14.2 Å². The van der Waals surface area contributed by atoms with Gasteiger partial charge in [0.1, 0.15) is 5.82 Å². The largest absolute Gasteiger partial charge is 0.493 e. The first-order chi connectivity index (χ1) is 15.2. The number of unbranched alkanes of at least 4 members (excludes halogenated alkanes) is 3. The van der Waals surface area contributed by atoms with Crippen molar-refractivity contribution in [1.29, 1.82) is 0 Å². The van der Waals surface area contributed by atoms with Crippen molar-refractivity contribution in [3.05, 3.63) is 53.9 Å². The molecule has 0 bridgehead atoms. The van der Waals surface area contributed by atoms with Crippen LogP contribution in [0.3, 0.4) is 0 Å². The van der Waals surface area contributed by atoms with Gasteiger partial charge in [-0.25, -0.2) is 4.98 Å². The highest BCUT2D eigenvalue weighted by molar-refractivity contribution is 5.79. The SMILES string of the molecule is CCCCCCn1c(CCNC(=O)Cc2ccc(OC)c(OC)c2)nc2ccccc21. The molecule has 0 aliphatic carbocycles. The third-order valence-electron chi connectivity index (χ3n) is 5.45. The lowest BCUT2D eigenvalue weighted by atomic mass is 10.1. The Labute approximate surface area is 184 Å². The van der Waals surface area contributed by atoms with Crippen LogP contribution in [0.25, 0.3) is 11.0 Å². The number of aromatic nitrogens is 2. The molecule has 0 unspecified atom stereocenters. The van der Waals surface area contributed by atoms with E-state index in [0.29, 0.717) is 30.9 Å². The summed E-state index contributed by atoms with van der Waals surface area (Å²) in [6.07, 6.45) is 5.86. The molecule has 0 spiro atoms. The van der Waals surface area contributed by atoms with Crippen LogP contribution in [0.5, 0.6) is 11.5 Å². The fourth-order valence-corrected chi connectivity index (χ4v) is 3.81. The first-order valence-electron chi connectivity index (χ1n) is 11.1. The second-order valence-corrected chi connectivity index (χ2v) is 7.70. The summed E-state index contributed by atoms with van der Waals surface area (Å²) in [5, 5.41) is 3.03. The van der Waals surface area contributed by atoms with Crippen LogP contribution in [0.4, 0.5) is 0 Å². The van der Waals surface area contributed by atoms with Crippen molar-refractivity contribution in [3.63, 3.8) is 0 Å². The molecule has 1 heterocycles. The number of methoxy groups -OCH3 is 2. The van der Waals surface area contributed by atoms with E-state index in [1.165, 1.54) is 24.8 Å². The van der Waals surface area contributed by atoms with Crippen molar-refractivity contribution in [2.45, 2.75) is 52.0 Å². The van der Waals surface area contributed by atoms with Gasteiger partial charge in [0.05, 0.1) is 31.7 Å². The Hall–Kier alpha value is -3.02. The Morgan fingerprint density at radius 3 is 2.61 bits per heavy atom. The number of benzene rings is 2. The molecule has 0 saturated carbocycles. The average Bonchev–Trinajstić information content (AvgIpc) is 3.14. The van der Waals surface area contributed by atoms with Crippen LogP contribution >= 0.6 is 0 Å². The van der Waals surface area contributed by atoms with Gasteiger partial charge in [-0.05, 0) is 36.2 Å². The number of carbonyl (C=O) groups excluding carboxylic acids is 1. The van der Waals surface area contributed by atoms with Crippen molar-refractivity contribution < 1.29 is 14.3 Å². The maximum absolute atomic E-state index is 12.4. The Kier molecular flexibility index (Phi) is 8.33. The third kappa shape index (κ3) is 6.00. The number of ether oxygens (including phenoxy) is 2. The van der Waals surface area contributed by atoms with Crippen LogP contribution in [0.15, 0.2) is 42.5 Å². The molecule has 0 atom stereocenters. The lowest BCUT2D eigenvalue weighted by molar-refractivity contribution is -0.120. The predicted molar refractivity (Wildman–Crippen MR) is 124 cm³/mol. The van der Waals surface area contributed by atoms with Crippen LogP contribution in [-0.4, -0.2) is 36.2 Å². The zero-order valence-electron chi connectivity index (χ0n) is 18.8. The number of hydrogen-bond acceptors (Lipinski definition) is 4. The number of amides is 1. The van der Waals surface area contributed by atoms with Gasteiger partial charge in [-0.3, -0.25) is 4.79 Å². The summed E-state index contributed by atoms with van der Waals surface area (Å²) in [7, 11) is 3.19. The van der Waals surface area contributed by atoms with E-state index in [1.807, 2.05) is 24.3 Å². The fraction of sp³-hybridized carbons (Fsp3) is 0.440. The molecular formula is C25H33N3O3. The van der Waals surface area contributed by atoms with Gasteiger partial charge in [-0.2, -0.15) is 0 Å². The third-order valence-corrected chi connectivity index (χ3v) is 5.45. The molecule has 1 amide bonds. The van der Waals surface area contributed by atoms with E-state index in [9.17, 15) is 4.79 Å². The van der Waals surface area contributed by atoms with E-state index in [2.05, 4.69) is 35.0 Å². The average molecular weight is 424 g/mol. The molecule has 1 N–H and O–H groups in total. The minimum absolute atomic E-state index is 0.0159. The number of hydrogen-bond donors (Lipinski definition) is 1. The Balaban J connectivity index is 1.59. The number of fused-ring (bicyclic) bond motifs is 1. The molecule has 1 aromatic heterocycles. The Morgan fingerprint density at radius 1 is 1.03 bits per heavy atom. The van der Waals surface area contributed by atoms with Crippen LogP contribution in [0, 0.1) is 0 Å². The predicted octanol–water partition coefficient (Wildman–Crippen LogP) is 4.54. The van der Waals surface area contributed by atoms with Gasteiger partial charge < -0.3 is 19.4 Å². The second-order valence-electron chi connectivity index (χ2n) is 7.70. The minimum Gasteiger partial charge on any atom is -0.493 e. The molecule has 0 fully saturated rings. The summed E-state index contributed by atoms with van der Waals surface area (Å²) in [5.74, 6) is 2.30. The Morgan fingerprint density at radius 2 is 1.84 bits per heavy atom. The quantitative estimate of drug-likeness (QED) is 0.435. The molecule has 0 saturated heterocycles. The molecular weight excluding hydrogens is 390 g/mol. The van der Waals surface area contributed by atoms with Crippen molar-refractivity contribution in [1.82, 2.24) is 14.9 Å². The first-order valence-corrected chi connectivity index (χ1v) is 11.1. The summed E-state index contributed by atoms with van der Waals surface area (Å²) >= 11 is 0. The summed E-state index contributed by atoms with van der Waals surface area (Å²) in [6.45, 7) is 3.75. The maximum Gasteiger partial charge on any atom is 0.224 e. The lowest BCUT2D eigenvalue weighted by Crippen LogP contribution is -2.28. The van der Waals surface area contributed by atoms with Crippen LogP contribution in [0.1, 0.15) is 44.0 Å². The van der Waals surface area contributed by atoms with Gasteiger partial charge in [-0.15, -0.1) is 0 Å². The normalized spacial score (nSPS) is 10.9. The van der Waals surface area contributed by atoms with E-state index in [0.717, 1.165) is 29.9 Å². The molecule has 0 radical (unpaired) electrons. The van der Waals surface area contributed by atoms with Crippen molar-refractivity contribution >= 4 is 16.9 Å². The molecule has 166 valence electrons. The van der Waals surface area contributed by atoms with Crippen molar-refractivity contribution in [2.24, 2.45) is 0 Å². The van der Waals surface area contributed by atoms with Crippen LogP contribution in [-0.2, 0) is 24.2 Å². The number of nitrogens with zero attached hydrogens (tertiary/aromatic N) is 2. The molecule has 2 aromatic carbocycles. The number of aryl methyl sites for hydroxylation is 1. The van der Waals surface area contributed by atoms with Gasteiger partial charge in [0.25, 0.3) is 0 Å². The van der Waals surface area contributed by atoms with Crippen LogP contribution in [0.2, 0.25) is 0 Å². The zero-order chi connectivity index (χ0) is 22.1. The number of carbonyl (C=O) groups is 1. The van der Waals surface area contributed by atoms with Crippen molar-refractivity contribution in [2.75, 3.05) is 20.8 Å². The van der Waals surface area contributed by atoms with Crippen molar-refractivity contribution in [3.8, 4) is 11.5 Å². The number of rotatable bonds is 12. The second kappa shape index (κ2) is 11.4. The van der Waals surface area contributed by atoms with Gasteiger partial charge in [-0.1, -0.05) is 44.4 Å². The highest BCUT2D eigenvalue weighted by Gasteiger charge is 2.12. The van der Waals surface area contributed by atoms with E-state index in [4.69, 9.17) is 14.5 Å². The maximum atomic E-state index is 12.4. The standard InChI is InChI=1S/C25H33N3O3/c1-4-5-6-9-16-28-21-11-8-7-10-20(21)27-24(28)14-15-26-25(29)18-19-12-13-22(30-2)23(17-19)31-3/h7-8,10-13,17H,4-6,9,14-16,18H2,1-3H3,(H,26,29).